The molecular formula is C22H27N3O2. The van der Waals surface area contributed by atoms with Crippen LogP contribution in [0.4, 0.5) is 0 Å². The Labute approximate surface area is 161 Å². The van der Waals surface area contributed by atoms with Crippen LogP contribution >= 0.6 is 0 Å². The fraction of sp³-hybridized carbons (Fsp3) is 0.364. The van der Waals surface area contributed by atoms with Crippen molar-refractivity contribution in [3.8, 4) is 0 Å². The van der Waals surface area contributed by atoms with Gasteiger partial charge in [0.1, 0.15) is 0 Å². The molecule has 0 saturated carbocycles. The topological polar surface area (TPSA) is 52.7 Å². The lowest BCUT2D eigenvalue weighted by Crippen LogP contribution is -2.49. The number of carbonyl (C=O) groups is 2. The zero-order valence-electron chi connectivity index (χ0n) is 16.0. The van der Waals surface area contributed by atoms with Crippen molar-refractivity contribution < 1.29 is 9.59 Å². The molecule has 1 aliphatic rings. The van der Waals surface area contributed by atoms with Crippen molar-refractivity contribution >= 4 is 11.8 Å². The maximum Gasteiger partial charge on any atom is 0.311 e. The minimum absolute atomic E-state index is 0.117. The molecular weight excluding hydrogens is 338 g/mol. The lowest BCUT2D eigenvalue weighted by Gasteiger charge is -2.35. The van der Waals surface area contributed by atoms with Crippen molar-refractivity contribution in [2.75, 3.05) is 27.2 Å². The Morgan fingerprint density at radius 2 is 1.44 bits per heavy atom. The number of likely N-dealkylation sites (N-methyl/N-ethyl adjacent to an activating group) is 1. The van der Waals surface area contributed by atoms with Crippen LogP contribution in [0.5, 0.6) is 0 Å². The Kier molecular flexibility index (Phi) is 6.24. The van der Waals surface area contributed by atoms with Gasteiger partial charge < -0.3 is 15.1 Å². The fourth-order valence-corrected chi connectivity index (χ4v) is 3.55. The van der Waals surface area contributed by atoms with E-state index < -0.39 is 11.8 Å². The van der Waals surface area contributed by atoms with Crippen LogP contribution in [0.3, 0.4) is 0 Å². The molecule has 2 aromatic carbocycles. The van der Waals surface area contributed by atoms with Gasteiger partial charge in [0.15, 0.2) is 0 Å². The van der Waals surface area contributed by atoms with E-state index in [0.717, 1.165) is 37.1 Å². The predicted octanol–water partition coefficient (Wildman–Crippen LogP) is 2.44. The first-order chi connectivity index (χ1) is 13.1. The van der Waals surface area contributed by atoms with Gasteiger partial charge in [-0.15, -0.1) is 0 Å². The highest BCUT2D eigenvalue weighted by atomic mass is 16.2. The molecule has 142 valence electrons. The normalized spacial score (nSPS) is 15.5. The zero-order valence-corrected chi connectivity index (χ0v) is 16.0. The summed E-state index contributed by atoms with van der Waals surface area (Å²) in [6, 6.07) is 19.2. The molecule has 0 aromatic heterocycles. The van der Waals surface area contributed by atoms with Crippen molar-refractivity contribution in [1.29, 1.82) is 0 Å². The molecule has 2 amide bonds. The molecule has 2 aromatic rings. The Morgan fingerprint density at radius 1 is 0.963 bits per heavy atom. The summed E-state index contributed by atoms with van der Waals surface area (Å²) in [6.45, 7) is 1.89. The first-order valence-corrected chi connectivity index (χ1v) is 9.42. The van der Waals surface area contributed by atoms with Crippen LogP contribution < -0.4 is 5.32 Å². The number of nitrogens with zero attached hydrogens (tertiary/aromatic N) is 2. The molecule has 5 heteroatoms. The molecule has 0 radical (unpaired) electrons. The first-order valence-electron chi connectivity index (χ1n) is 9.42. The van der Waals surface area contributed by atoms with Gasteiger partial charge in [-0.3, -0.25) is 9.59 Å². The van der Waals surface area contributed by atoms with Gasteiger partial charge in [0.25, 0.3) is 0 Å². The van der Waals surface area contributed by atoms with E-state index in [-0.39, 0.29) is 12.1 Å². The van der Waals surface area contributed by atoms with E-state index in [0.29, 0.717) is 0 Å². The first kappa shape index (κ1) is 19.1. The van der Waals surface area contributed by atoms with Gasteiger partial charge in [0.2, 0.25) is 0 Å². The minimum Gasteiger partial charge on any atom is -0.337 e. The van der Waals surface area contributed by atoms with Gasteiger partial charge >= 0.3 is 11.8 Å². The standard InChI is InChI=1S/C22H27N3O2/c1-24-15-13-19(14-16-24)25(2)22(27)21(26)23-20(17-9-5-3-6-10-17)18-11-7-4-8-12-18/h3-12,19-20H,13-16H2,1-2H3,(H,23,26). The van der Waals surface area contributed by atoms with Gasteiger partial charge in [-0.25, -0.2) is 0 Å². The second-order valence-electron chi connectivity index (χ2n) is 7.18. The number of amides is 2. The number of rotatable bonds is 4. The smallest absolute Gasteiger partial charge is 0.311 e. The summed E-state index contributed by atoms with van der Waals surface area (Å²) >= 11 is 0. The van der Waals surface area contributed by atoms with Crippen LogP contribution in [0.2, 0.25) is 0 Å². The highest BCUT2D eigenvalue weighted by molar-refractivity contribution is 6.35. The largest absolute Gasteiger partial charge is 0.337 e. The van der Waals surface area contributed by atoms with Crippen LogP contribution in [0.15, 0.2) is 60.7 Å². The minimum atomic E-state index is -0.561. The van der Waals surface area contributed by atoms with Crippen molar-refractivity contribution in [2.45, 2.75) is 24.9 Å². The second-order valence-corrected chi connectivity index (χ2v) is 7.18. The third kappa shape index (κ3) is 4.74. The van der Waals surface area contributed by atoms with E-state index in [4.69, 9.17) is 0 Å². The SMILES string of the molecule is CN1CCC(N(C)C(=O)C(=O)NC(c2ccccc2)c2ccccc2)CC1. The van der Waals surface area contributed by atoms with E-state index in [9.17, 15) is 9.59 Å². The molecule has 5 nitrogen and oxygen atoms in total. The summed E-state index contributed by atoms with van der Waals surface area (Å²) in [5.74, 6) is -1.03. The molecule has 0 atom stereocenters. The van der Waals surface area contributed by atoms with Crippen LogP contribution in [0.1, 0.15) is 30.0 Å². The third-order valence-corrected chi connectivity index (χ3v) is 5.29. The van der Waals surface area contributed by atoms with Gasteiger partial charge in [-0.1, -0.05) is 60.7 Å². The molecule has 1 fully saturated rings. The quantitative estimate of drug-likeness (QED) is 0.847. The molecule has 27 heavy (non-hydrogen) atoms. The van der Waals surface area contributed by atoms with Crippen molar-refractivity contribution in [1.82, 2.24) is 15.1 Å². The average molecular weight is 365 g/mol. The van der Waals surface area contributed by atoms with E-state index in [1.54, 1.807) is 11.9 Å². The number of piperidine rings is 1. The maximum atomic E-state index is 12.7. The number of benzene rings is 2. The molecule has 0 unspecified atom stereocenters. The van der Waals surface area contributed by atoms with Gasteiger partial charge in [0.05, 0.1) is 6.04 Å². The molecule has 0 spiro atoms. The third-order valence-electron chi connectivity index (χ3n) is 5.29. The van der Waals surface area contributed by atoms with Crippen LogP contribution in [-0.2, 0) is 9.59 Å². The maximum absolute atomic E-state index is 12.7. The average Bonchev–Trinajstić information content (AvgIpc) is 2.72. The van der Waals surface area contributed by atoms with Crippen molar-refractivity contribution in [2.24, 2.45) is 0 Å². The highest BCUT2D eigenvalue weighted by Crippen LogP contribution is 2.22. The molecule has 1 N–H and O–H groups in total. The Hall–Kier alpha value is -2.66. The molecule has 3 rings (SSSR count). The Balaban J connectivity index is 1.73. The zero-order chi connectivity index (χ0) is 19.2. The van der Waals surface area contributed by atoms with Gasteiger partial charge in [0, 0.05) is 13.1 Å². The predicted molar refractivity (Wildman–Crippen MR) is 106 cm³/mol. The van der Waals surface area contributed by atoms with Crippen LogP contribution in [0, 0.1) is 0 Å². The molecule has 1 saturated heterocycles. The van der Waals surface area contributed by atoms with Crippen LogP contribution in [-0.4, -0.2) is 54.8 Å². The lowest BCUT2D eigenvalue weighted by molar-refractivity contribution is -0.147. The summed E-state index contributed by atoms with van der Waals surface area (Å²) in [5, 5.41) is 2.94. The van der Waals surface area contributed by atoms with Gasteiger partial charge in [-0.05, 0) is 44.1 Å². The number of nitrogens with one attached hydrogen (secondary N) is 1. The van der Waals surface area contributed by atoms with E-state index in [1.807, 2.05) is 60.7 Å². The molecule has 0 aliphatic carbocycles. The summed E-state index contributed by atoms with van der Waals surface area (Å²) in [4.78, 5) is 29.3. The second kappa shape index (κ2) is 8.82. The highest BCUT2D eigenvalue weighted by Gasteiger charge is 2.29. The van der Waals surface area contributed by atoms with E-state index >= 15 is 0 Å². The number of carbonyl (C=O) groups excluding carboxylic acids is 2. The van der Waals surface area contributed by atoms with Crippen molar-refractivity contribution in [3.05, 3.63) is 71.8 Å². The number of hydrogen-bond donors (Lipinski definition) is 1. The molecule has 1 heterocycles. The summed E-state index contributed by atoms with van der Waals surface area (Å²) in [5.41, 5.74) is 1.90. The molecule has 0 bridgehead atoms. The number of hydrogen-bond acceptors (Lipinski definition) is 3. The Morgan fingerprint density at radius 3 is 1.93 bits per heavy atom. The summed E-state index contributed by atoms with van der Waals surface area (Å²) < 4.78 is 0. The van der Waals surface area contributed by atoms with E-state index in [2.05, 4.69) is 17.3 Å². The van der Waals surface area contributed by atoms with Gasteiger partial charge in [-0.2, -0.15) is 0 Å². The number of likely N-dealkylation sites (tertiary alicyclic amines) is 1. The summed E-state index contributed by atoms with van der Waals surface area (Å²) in [6.07, 6.45) is 1.79. The lowest BCUT2D eigenvalue weighted by atomic mass is 9.98. The van der Waals surface area contributed by atoms with E-state index in [1.165, 1.54) is 0 Å². The van der Waals surface area contributed by atoms with Crippen molar-refractivity contribution in [3.63, 3.8) is 0 Å². The van der Waals surface area contributed by atoms with Crippen LogP contribution in [0.25, 0.3) is 0 Å². The monoisotopic (exact) mass is 365 g/mol. The molecule has 1 aliphatic heterocycles. The summed E-state index contributed by atoms with van der Waals surface area (Å²) in [7, 11) is 3.81. The fourth-order valence-electron chi connectivity index (χ4n) is 3.55. The Bertz CT molecular complexity index is 716.